The van der Waals surface area contributed by atoms with Crippen LogP contribution in [0.3, 0.4) is 0 Å². The molecule has 1 aliphatic carbocycles. The van der Waals surface area contributed by atoms with Gasteiger partial charge in [0.15, 0.2) is 0 Å². The average molecular weight is 266 g/mol. The van der Waals surface area contributed by atoms with Crippen molar-refractivity contribution in [3.05, 3.63) is 0 Å². The number of amides is 1. The molecular weight excluding hydrogens is 236 g/mol. The van der Waals surface area contributed by atoms with Gasteiger partial charge in [-0.15, -0.1) is 0 Å². The molecule has 2 N–H and O–H groups in total. The maximum atomic E-state index is 12.7. The highest BCUT2D eigenvalue weighted by atomic mass is 16.2. The largest absolute Gasteiger partial charge is 0.341 e. The Balaban J connectivity index is 1.92. The number of hydrogen-bond acceptors (Lipinski definition) is 2. The van der Waals surface area contributed by atoms with Crippen LogP contribution in [0.1, 0.15) is 71.1 Å². The summed E-state index contributed by atoms with van der Waals surface area (Å²) in [5, 5.41) is 0. The summed E-state index contributed by atoms with van der Waals surface area (Å²) in [6.07, 6.45) is 11.5. The van der Waals surface area contributed by atoms with E-state index in [0.717, 1.165) is 51.1 Å². The van der Waals surface area contributed by atoms with E-state index in [0.29, 0.717) is 0 Å². The molecule has 2 rings (SSSR count). The minimum Gasteiger partial charge on any atom is -0.341 e. The fourth-order valence-corrected chi connectivity index (χ4v) is 3.78. The van der Waals surface area contributed by atoms with E-state index in [1.165, 1.54) is 32.1 Å². The van der Waals surface area contributed by atoms with Crippen molar-refractivity contribution in [2.24, 2.45) is 11.7 Å². The smallest absolute Gasteiger partial charge is 0.242 e. The molecule has 1 saturated heterocycles. The minimum atomic E-state index is -0.539. The van der Waals surface area contributed by atoms with Crippen LogP contribution in [0, 0.1) is 5.92 Å². The van der Waals surface area contributed by atoms with Crippen LogP contribution >= 0.6 is 0 Å². The normalized spacial score (nSPS) is 27.9. The van der Waals surface area contributed by atoms with Gasteiger partial charge in [-0.1, -0.05) is 39.0 Å². The molecule has 1 unspecified atom stereocenters. The predicted octanol–water partition coefficient (Wildman–Crippen LogP) is 3.08. The molecule has 1 heterocycles. The monoisotopic (exact) mass is 266 g/mol. The Bertz CT molecular complexity index is 297. The van der Waals surface area contributed by atoms with Crippen LogP contribution in [0.2, 0.25) is 0 Å². The third-order valence-corrected chi connectivity index (χ3v) is 5.00. The molecule has 1 saturated carbocycles. The van der Waals surface area contributed by atoms with Crippen molar-refractivity contribution in [1.29, 1.82) is 0 Å². The summed E-state index contributed by atoms with van der Waals surface area (Å²) in [6, 6.07) is 0. The molecule has 0 radical (unpaired) electrons. The van der Waals surface area contributed by atoms with Crippen molar-refractivity contribution < 1.29 is 4.79 Å². The zero-order valence-electron chi connectivity index (χ0n) is 12.5. The summed E-state index contributed by atoms with van der Waals surface area (Å²) in [6.45, 7) is 4.12. The van der Waals surface area contributed by atoms with E-state index in [4.69, 9.17) is 5.73 Å². The second-order valence-corrected chi connectivity index (χ2v) is 6.59. The number of rotatable bonds is 3. The molecule has 0 aromatic carbocycles. The Morgan fingerprint density at radius 1 is 1.16 bits per heavy atom. The van der Waals surface area contributed by atoms with E-state index >= 15 is 0 Å². The minimum absolute atomic E-state index is 0.240. The lowest BCUT2D eigenvalue weighted by molar-refractivity contribution is -0.138. The third kappa shape index (κ3) is 3.71. The van der Waals surface area contributed by atoms with Crippen LogP contribution in [0.25, 0.3) is 0 Å². The summed E-state index contributed by atoms with van der Waals surface area (Å²) >= 11 is 0. The Morgan fingerprint density at radius 3 is 2.58 bits per heavy atom. The Hall–Kier alpha value is -0.570. The van der Waals surface area contributed by atoms with Gasteiger partial charge in [0.05, 0.1) is 5.54 Å². The summed E-state index contributed by atoms with van der Waals surface area (Å²) < 4.78 is 0. The molecule has 2 aliphatic rings. The van der Waals surface area contributed by atoms with Crippen LogP contribution in [0.4, 0.5) is 0 Å². The molecule has 1 amide bonds. The van der Waals surface area contributed by atoms with E-state index in [1.54, 1.807) is 0 Å². The fraction of sp³-hybridized carbons (Fsp3) is 0.938. The highest BCUT2D eigenvalue weighted by molar-refractivity contribution is 5.86. The van der Waals surface area contributed by atoms with Gasteiger partial charge in [0.2, 0.25) is 5.91 Å². The molecule has 0 aromatic heterocycles. The summed E-state index contributed by atoms with van der Waals surface area (Å²) in [7, 11) is 0. The first-order valence-electron chi connectivity index (χ1n) is 8.24. The van der Waals surface area contributed by atoms with Crippen LogP contribution < -0.4 is 5.73 Å². The van der Waals surface area contributed by atoms with Gasteiger partial charge >= 0.3 is 0 Å². The van der Waals surface area contributed by atoms with E-state index in [2.05, 4.69) is 11.8 Å². The fourth-order valence-electron chi connectivity index (χ4n) is 3.78. The highest BCUT2D eigenvalue weighted by Gasteiger charge is 2.38. The van der Waals surface area contributed by atoms with Gasteiger partial charge in [0.1, 0.15) is 0 Å². The second-order valence-electron chi connectivity index (χ2n) is 6.59. The van der Waals surface area contributed by atoms with Gasteiger partial charge in [-0.3, -0.25) is 4.79 Å². The molecule has 0 aromatic rings. The van der Waals surface area contributed by atoms with E-state index < -0.39 is 5.54 Å². The molecule has 19 heavy (non-hydrogen) atoms. The molecule has 3 nitrogen and oxygen atoms in total. The maximum absolute atomic E-state index is 12.7. The van der Waals surface area contributed by atoms with E-state index in [1.807, 2.05) is 0 Å². The molecule has 2 fully saturated rings. The third-order valence-electron chi connectivity index (χ3n) is 5.00. The highest BCUT2D eigenvalue weighted by Crippen LogP contribution is 2.29. The Morgan fingerprint density at radius 2 is 1.89 bits per heavy atom. The van der Waals surface area contributed by atoms with Gasteiger partial charge in [-0.2, -0.15) is 0 Å². The predicted molar refractivity (Wildman–Crippen MR) is 78.8 cm³/mol. The van der Waals surface area contributed by atoms with Crippen molar-refractivity contribution in [2.75, 3.05) is 13.1 Å². The van der Waals surface area contributed by atoms with Crippen LogP contribution in [0.5, 0.6) is 0 Å². The number of likely N-dealkylation sites (tertiary alicyclic amines) is 1. The van der Waals surface area contributed by atoms with Gasteiger partial charge in [-0.05, 0) is 38.0 Å². The lowest BCUT2D eigenvalue weighted by Gasteiger charge is -2.36. The SMILES string of the molecule is CCCC1CCCN(C(=O)C2(N)CCCCC2)CC1. The topological polar surface area (TPSA) is 46.3 Å². The molecule has 0 bridgehead atoms. The Labute approximate surface area is 117 Å². The first-order valence-corrected chi connectivity index (χ1v) is 8.24. The molecular formula is C16H30N2O. The van der Waals surface area contributed by atoms with E-state index in [9.17, 15) is 4.79 Å². The maximum Gasteiger partial charge on any atom is 0.242 e. The average Bonchev–Trinajstić information content (AvgIpc) is 2.65. The molecule has 0 spiro atoms. The van der Waals surface area contributed by atoms with E-state index in [-0.39, 0.29) is 5.91 Å². The standard InChI is InChI=1S/C16H30N2O/c1-2-7-14-8-6-12-18(13-9-14)15(19)16(17)10-4-3-5-11-16/h14H,2-13,17H2,1H3. The number of carbonyl (C=O) groups excluding carboxylic acids is 1. The summed E-state index contributed by atoms with van der Waals surface area (Å²) in [4.78, 5) is 14.8. The first-order chi connectivity index (χ1) is 9.15. The quantitative estimate of drug-likeness (QED) is 0.853. The van der Waals surface area contributed by atoms with Crippen molar-refractivity contribution in [3.8, 4) is 0 Å². The molecule has 3 heteroatoms. The Kier molecular flexibility index (Phi) is 5.26. The number of nitrogens with two attached hydrogens (primary N) is 1. The van der Waals surface area contributed by atoms with Crippen molar-refractivity contribution in [1.82, 2.24) is 4.90 Å². The van der Waals surface area contributed by atoms with Crippen LogP contribution in [-0.2, 0) is 4.79 Å². The van der Waals surface area contributed by atoms with Crippen LogP contribution in [0.15, 0.2) is 0 Å². The lowest BCUT2D eigenvalue weighted by atomic mass is 9.81. The van der Waals surface area contributed by atoms with Crippen molar-refractivity contribution >= 4 is 5.91 Å². The summed E-state index contributed by atoms with van der Waals surface area (Å²) in [5.41, 5.74) is 5.85. The zero-order chi connectivity index (χ0) is 13.7. The summed E-state index contributed by atoms with van der Waals surface area (Å²) in [5.74, 6) is 1.06. The number of carbonyl (C=O) groups is 1. The van der Waals surface area contributed by atoms with Crippen LogP contribution in [-0.4, -0.2) is 29.4 Å². The lowest BCUT2D eigenvalue weighted by Crippen LogP contribution is -2.56. The zero-order valence-corrected chi connectivity index (χ0v) is 12.5. The molecule has 1 aliphatic heterocycles. The first kappa shape index (κ1) is 14.8. The molecule has 110 valence electrons. The van der Waals surface area contributed by atoms with Gasteiger partial charge in [0.25, 0.3) is 0 Å². The van der Waals surface area contributed by atoms with Crippen molar-refractivity contribution in [2.45, 2.75) is 76.7 Å². The number of hydrogen-bond donors (Lipinski definition) is 1. The van der Waals surface area contributed by atoms with Gasteiger partial charge in [0, 0.05) is 13.1 Å². The van der Waals surface area contributed by atoms with Crippen molar-refractivity contribution in [3.63, 3.8) is 0 Å². The second kappa shape index (κ2) is 6.74. The van der Waals surface area contributed by atoms with Gasteiger partial charge < -0.3 is 10.6 Å². The number of nitrogens with zero attached hydrogens (tertiary/aromatic N) is 1. The van der Waals surface area contributed by atoms with Gasteiger partial charge in [-0.25, -0.2) is 0 Å². The molecule has 1 atom stereocenters.